The quantitative estimate of drug-likeness (QED) is 0.808. The standard InChI is InChI=1S/C14H24N2O/c1-15-3-2-14(17)16-9-12-5-10-4-11(6-12)8-13(16)7-10/h10-13,15H,2-9H2,1H3. The topological polar surface area (TPSA) is 32.3 Å². The molecule has 3 nitrogen and oxygen atoms in total. The van der Waals surface area contributed by atoms with Crippen molar-refractivity contribution in [2.45, 2.75) is 44.6 Å². The van der Waals surface area contributed by atoms with Crippen molar-refractivity contribution < 1.29 is 4.79 Å². The minimum atomic E-state index is 0.387. The van der Waals surface area contributed by atoms with Gasteiger partial charge in [-0.2, -0.15) is 0 Å². The summed E-state index contributed by atoms with van der Waals surface area (Å²) in [6.07, 6.45) is 7.49. The van der Waals surface area contributed by atoms with Crippen molar-refractivity contribution in [3.63, 3.8) is 0 Å². The van der Waals surface area contributed by atoms with Crippen LogP contribution in [-0.2, 0) is 4.79 Å². The Kier molecular flexibility index (Phi) is 3.12. The van der Waals surface area contributed by atoms with Gasteiger partial charge < -0.3 is 10.2 Å². The Morgan fingerprint density at radius 3 is 2.41 bits per heavy atom. The van der Waals surface area contributed by atoms with Crippen LogP contribution in [0.5, 0.6) is 0 Å². The Morgan fingerprint density at radius 1 is 1.12 bits per heavy atom. The van der Waals surface area contributed by atoms with Gasteiger partial charge in [-0.05, 0) is 56.9 Å². The molecule has 2 aliphatic heterocycles. The van der Waals surface area contributed by atoms with Crippen LogP contribution in [0.4, 0.5) is 0 Å². The molecule has 0 aromatic rings. The average molecular weight is 236 g/mol. The molecule has 4 aliphatic rings. The molecule has 1 N–H and O–H groups in total. The van der Waals surface area contributed by atoms with Gasteiger partial charge in [-0.25, -0.2) is 0 Å². The van der Waals surface area contributed by atoms with E-state index in [-0.39, 0.29) is 0 Å². The number of hydrogen-bond acceptors (Lipinski definition) is 2. The number of nitrogens with one attached hydrogen (secondary N) is 1. The predicted octanol–water partition coefficient (Wildman–Crippen LogP) is 1.63. The van der Waals surface area contributed by atoms with Crippen molar-refractivity contribution in [3.8, 4) is 0 Å². The van der Waals surface area contributed by atoms with Gasteiger partial charge in [0.25, 0.3) is 0 Å². The Labute approximate surface area is 104 Å². The van der Waals surface area contributed by atoms with E-state index in [0.717, 1.165) is 30.8 Å². The fourth-order valence-electron chi connectivity index (χ4n) is 4.47. The van der Waals surface area contributed by atoms with Crippen LogP contribution >= 0.6 is 0 Å². The molecule has 2 unspecified atom stereocenters. The smallest absolute Gasteiger partial charge is 0.224 e. The minimum Gasteiger partial charge on any atom is -0.339 e. The van der Waals surface area contributed by atoms with Crippen LogP contribution < -0.4 is 5.32 Å². The lowest BCUT2D eigenvalue weighted by molar-refractivity contribution is -0.134. The molecule has 0 spiro atoms. The van der Waals surface area contributed by atoms with E-state index in [1.54, 1.807) is 0 Å². The molecule has 2 saturated carbocycles. The maximum Gasteiger partial charge on any atom is 0.224 e. The second kappa shape index (κ2) is 4.60. The van der Waals surface area contributed by atoms with Gasteiger partial charge in [0.15, 0.2) is 0 Å². The molecule has 2 atom stereocenters. The number of carbonyl (C=O) groups excluding carboxylic acids is 1. The predicted molar refractivity (Wildman–Crippen MR) is 67.6 cm³/mol. The summed E-state index contributed by atoms with van der Waals surface area (Å²) in [6, 6.07) is 0.579. The molecular formula is C14H24N2O. The van der Waals surface area contributed by atoms with Crippen molar-refractivity contribution in [3.05, 3.63) is 0 Å². The van der Waals surface area contributed by atoms with Crippen LogP contribution in [0.25, 0.3) is 0 Å². The zero-order valence-corrected chi connectivity index (χ0v) is 10.8. The first-order valence-electron chi connectivity index (χ1n) is 7.20. The molecule has 2 aliphatic carbocycles. The van der Waals surface area contributed by atoms with Gasteiger partial charge in [-0.1, -0.05) is 0 Å². The Morgan fingerprint density at radius 2 is 1.76 bits per heavy atom. The Hall–Kier alpha value is -0.570. The number of amides is 1. The molecule has 17 heavy (non-hydrogen) atoms. The van der Waals surface area contributed by atoms with Crippen LogP contribution in [0, 0.1) is 17.8 Å². The number of rotatable bonds is 3. The SMILES string of the molecule is CNCCC(=O)N1CC2CC3CC(C2)CC1C3. The fraction of sp³-hybridized carbons (Fsp3) is 0.929. The molecule has 2 heterocycles. The summed E-state index contributed by atoms with van der Waals surface area (Å²) in [5, 5.41) is 3.08. The summed E-state index contributed by atoms with van der Waals surface area (Å²) >= 11 is 0. The van der Waals surface area contributed by atoms with Crippen LogP contribution in [0.3, 0.4) is 0 Å². The number of nitrogens with zero attached hydrogens (tertiary/aromatic N) is 1. The number of carbonyl (C=O) groups is 1. The van der Waals surface area contributed by atoms with Gasteiger partial charge in [0.05, 0.1) is 0 Å². The lowest BCUT2D eigenvalue weighted by Crippen LogP contribution is -2.42. The van der Waals surface area contributed by atoms with Crippen LogP contribution in [0.2, 0.25) is 0 Å². The first-order valence-corrected chi connectivity index (χ1v) is 7.20. The number of hydrogen-bond donors (Lipinski definition) is 1. The molecule has 4 bridgehead atoms. The summed E-state index contributed by atoms with van der Waals surface area (Å²) in [5.41, 5.74) is 0. The van der Waals surface area contributed by atoms with Gasteiger partial charge in [0.1, 0.15) is 0 Å². The van der Waals surface area contributed by atoms with E-state index < -0.39 is 0 Å². The van der Waals surface area contributed by atoms with E-state index in [2.05, 4.69) is 10.2 Å². The van der Waals surface area contributed by atoms with Gasteiger partial charge >= 0.3 is 0 Å². The summed E-state index contributed by atoms with van der Waals surface area (Å²) in [7, 11) is 1.92. The Balaban J connectivity index is 1.71. The second-order valence-corrected chi connectivity index (χ2v) is 6.33. The maximum atomic E-state index is 12.3. The largest absolute Gasteiger partial charge is 0.339 e. The van der Waals surface area contributed by atoms with Crippen molar-refractivity contribution >= 4 is 5.91 Å². The van der Waals surface area contributed by atoms with Crippen molar-refractivity contribution in [2.24, 2.45) is 17.8 Å². The molecule has 0 aromatic carbocycles. The molecule has 0 aromatic heterocycles. The van der Waals surface area contributed by atoms with Crippen LogP contribution in [0.1, 0.15) is 38.5 Å². The average Bonchev–Trinajstić information content (AvgIpc) is 2.50. The van der Waals surface area contributed by atoms with Crippen molar-refractivity contribution in [1.82, 2.24) is 10.2 Å². The molecule has 4 fully saturated rings. The molecule has 2 saturated heterocycles. The molecule has 3 heteroatoms. The molecule has 0 radical (unpaired) electrons. The van der Waals surface area contributed by atoms with Gasteiger partial charge in [-0.15, -0.1) is 0 Å². The summed E-state index contributed by atoms with van der Waals surface area (Å²) in [6.45, 7) is 1.87. The maximum absolute atomic E-state index is 12.3. The third-order valence-electron chi connectivity index (χ3n) is 5.02. The summed E-state index contributed by atoms with van der Waals surface area (Å²) < 4.78 is 0. The van der Waals surface area contributed by atoms with Crippen molar-refractivity contribution in [1.29, 1.82) is 0 Å². The number of fused-ring (bicyclic) bond motifs is 1. The van der Waals surface area contributed by atoms with Crippen LogP contribution in [-0.4, -0.2) is 37.0 Å². The molecular weight excluding hydrogens is 212 g/mol. The lowest BCUT2D eigenvalue weighted by atomic mass is 9.68. The highest BCUT2D eigenvalue weighted by atomic mass is 16.2. The third kappa shape index (κ3) is 2.22. The zero-order valence-electron chi connectivity index (χ0n) is 10.8. The third-order valence-corrected chi connectivity index (χ3v) is 5.02. The van der Waals surface area contributed by atoms with E-state index in [4.69, 9.17) is 0 Å². The van der Waals surface area contributed by atoms with E-state index in [9.17, 15) is 4.79 Å². The first-order chi connectivity index (χ1) is 8.26. The summed E-state index contributed by atoms with van der Waals surface area (Å²) in [5.74, 6) is 3.06. The Bertz CT molecular complexity index is 291. The van der Waals surface area contributed by atoms with E-state index in [1.807, 2.05) is 7.05 Å². The molecule has 96 valence electrons. The summed E-state index contributed by atoms with van der Waals surface area (Å²) in [4.78, 5) is 14.5. The molecule has 1 amide bonds. The monoisotopic (exact) mass is 236 g/mol. The lowest BCUT2D eigenvalue weighted by Gasteiger charge is -2.39. The van der Waals surface area contributed by atoms with E-state index >= 15 is 0 Å². The van der Waals surface area contributed by atoms with Gasteiger partial charge in [0, 0.05) is 25.6 Å². The molecule has 4 rings (SSSR count). The fourth-order valence-corrected chi connectivity index (χ4v) is 4.47. The van der Waals surface area contributed by atoms with Gasteiger partial charge in [-0.3, -0.25) is 4.79 Å². The highest BCUT2D eigenvalue weighted by Gasteiger charge is 2.43. The minimum absolute atomic E-state index is 0.387. The van der Waals surface area contributed by atoms with Crippen molar-refractivity contribution in [2.75, 3.05) is 20.1 Å². The first kappa shape index (κ1) is 11.5. The normalized spacial score (nSPS) is 39.5. The van der Waals surface area contributed by atoms with E-state index in [0.29, 0.717) is 18.4 Å². The highest BCUT2D eigenvalue weighted by Crippen LogP contribution is 2.47. The highest BCUT2D eigenvalue weighted by molar-refractivity contribution is 5.76. The van der Waals surface area contributed by atoms with E-state index in [1.165, 1.54) is 32.1 Å². The second-order valence-electron chi connectivity index (χ2n) is 6.33. The zero-order chi connectivity index (χ0) is 11.8. The van der Waals surface area contributed by atoms with Gasteiger partial charge in [0.2, 0.25) is 5.91 Å². The van der Waals surface area contributed by atoms with Crippen LogP contribution in [0.15, 0.2) is 0 Å².